The number of ether oxygens (including phenoxy) is 1. The van der Waals surface area contributed by atoms with Crippen LogP contribution >= 0.6 is 39.9 Å². The minimum atomic E-state index is -0.199. The standard InChI is InChI=1S/C20H28BrFN4O.HI/c1-23-20(24-7-4-16-5-12-27-13-6-16)26-10-8-25(9-11-26)15-17-2-3-18(21)19(22)14-17;/h2-3,5,14H,4,6-13,15H2,1H3,(H,23,24);1H. The molecule has 0 bridgehead atoms. The van der Waals surface area contributed by atoms with Crippen molar-refractivity contribution in [1.29, 1.82) is 0 Å². The summed E-state index contributed by atoms with van der Waals surface area (Å²) in [5.41, 5.74) is 2.48. The van der Waals surface area contributed by atoms with Crippen molar-refractivity contribution in [3.8, 4) is 0 Å². The second kappa shape index (κ2) is 12.1. The maximum atomic E-state index is 13.7. The predicted molar refractivity (Wildman–Crippen MR) is 126 cm³/mol. The third-order valence-corrected chi connectivity index (χ3v) is 5.70. The highest BCUT2D eigenvalue weighted by Gasteiger charge is 2.20. The summed E-state index contributed by atoms with van der Waals surface area (Å²) in [6.45, 7) is 7.00. The molecule has 0 unspecified atom stereocenters. The number of guanidine groups is 1. The summed E-state index contributed by atoms with van der Waals surface area (Å²) in [6.07, 6.45) is 4.27. The fourth-order valence-electron chi connectivity index (χ4n) is 3.47. The Morgan fingerprint density at radius 1 is 1.29 bits per heavy atom. The van der Waals surface area contributed by atoms with Gasteiger partial charge in [-0.3, -0.25) is 9.89 Å². The molecule has 8 heteroatoms. The highest BCUT2D eigenvalue weighted by atomic mass is 127. The Balaban J connectivity index is 0.00000280. The van der Waals surface area contributed by atoms with Crippen LogP contribution in [0.15, 0.2) is 39.3 Å². The second-order valence-electron chi connectivity index (χ2n) is 6.92. The van der Waals surface area contributed by atoms with Crippen molar-refractivity contribution in [2.75, 3.05) is 53.0 Å². The average Bonchev–Trinajstić information content (AvgIpc) is 2.70. The van der Waals surface area contributed by atoms with E-state index < -0.39 is 0 Å². The number of hydrogen-bond donors (Lipinski definition) is 1. The predicted octanol–water partition coefficient (Wildman–Crippen LogP) is 3.64. The molecule has 0 aliphatic carbocycles. The van der Waals surface area contributed by atoms with Crippen LogP contribution in [0.25, 0.3) is 0 Å². The fraction of sp³-hybridized carbons (Fsp3) is 0.550. The fourth-order valence-corrected chi connectivity index (χ4v) is 3.72. The maximum Gasteiger partial charge on any atom is 0.193 e. The van der Waals surface area contributed by atoms with Gasteiger partial charge in [0.1, 0.15) is 5.82 Å². The molecule has 2 aliphatic rings. The monoisotopic (exact) mass is 566 g/mol. The van der Waals surface area contributed by atoms with E-state index in [1.807, 2.05) is 13.1 Å². The first kappa shape index (κ1) is 23.6. The molecule has 156 valence electrons. The van der Waals surface area contributed by atoms with E-state index in [2.05, 4.69) is 42.1 Å². The summed E-state index contributed by atoms with van der Waals surface area (Å²) in [6, 6.07) is 5.37. The SMILES string of the molecule is CN=C(NCCC1=CCOCC1)N1CCN(Cc2ccc(Br)c(F)c2)CC1.I. The number of nitrogens with zero attached hydrogens (tertiary/aromatic N) is 3. The number of nitrogens with one attached hydrogen (secondary N) is 1. The van der Waals surface area contributed by atoms with E-state index >= 15 is 0 Å². The van der Waals surface area contributed by atoms with Crippen molar-refractivity contribution in [2.24, 2.45) is 4.99 Å². The van der Waals surface area contributed by atoms with Crippen LogP contribution in [-0.4, -0.2) is 68.7 Å². The van der Waals surface area contributed by atoms with Crippen molar-refractivity contribution in [2.45, 2.75) is 19.4 Å². The van der Waals surface area contributed by atoms with Gasteiger partial charge in [0.2, 0.25) is 0 Å². The lowest BCUT2D eigenvalue weighted by Gasteiger charge is -2.36. The maximum absolute atomic E-state index is 13.7. The summed E-state index contributed by atoms with van der Waals surface area (Å²) >= 11 is 3.21. The van der Waals surface area contributed by atoms with Gasteiger partial charge in [-0.15, -0.1) is 24.0 Å². The van der Waals surface area contributed by atoms with Gasteiger partial charge in [0, 0.05) is 46.3 Å². The minimum absolute atomic E-state index is 0. The lowest BCUT2D eigenvalue weighted by atomic mass is 10.1. The third kappa shape index (κ3) is 6.96. The molecule has 0 aromatic heterocycles. The van der Waals surface area contributed by atoms with Gasteiger partial charge in [0.25, 0.3) is 0 Å². The van der Waals surface area contributed by atoms with Crippen LogP contribution in [0, 0.1) is 5.82 Å². The Kier molecular flexibility index (Phi) is 10.2. The van der Waals surface area contributed by atoms with E-state index in [0.29, 0.717) is 4.47 Å². The van der Waals surface area contributed by atoms with Crippen molar-refractivity contribution in [3.05, 3.63) is 45.7 Å². The Morgan fingerprint density at radius 2 is 2.07 bits per heavy atom. The smallest absolute Gasteiger partial charge is 0.193 e. The number of rotatable bonds is 5. The molecular formula is C20H29BrFIN4O. The topological polar surface area (TPSA) is 40.1 Å². The molecule has 0 atom stereocenters. The van der Waals surface area contributed by atoms with Crippen LogP contribution in [0.4, 0.5) is 4.39 Å². The number of benzene rings is 1. The molecule has 1 saturated heterocycles. The van der Waals surface area contributed by atoms with Crippen LogP contribution in [0.1, 0.15) is 18.4 Å². The van der Waals surface area contributed by atoms with Crippen LogP contribution in [0.3, 0.4) is 0 Å². The minimum Gasteiger partial charge on any atom is -0.377 e. The normalized spacial score (nSPS) is 18.5. The number of aliphatic imine (C=N–C) groups is 1. The highest BCUT2D eigenvalue weighted by Crippen LogP contribution is 2.18. The Morgan fingerprint density at radius 3 is 2.71 bits per heavy atom. The van der Waals surface area contributed by atoms with Crippen molar-refractivity contribution in [3.63, 3.8) is 0 Å². The van der Waals surface area contributed by atoms with Gasteiger partial charge in [-0.05, 0) is 46.5 Å². The quantitative estimate of drug-likeness (QED) is 0.256. The van der Waals surface area contributed by atoms with E-state index in [1.54, 1.807) is 12.1 Å². The van der Waals surface area contributed by atoms with Crippen LogP contribution in [0.2, 0.25) is 0 Å². The Bertz CT molecular complexity index is 693. The van der Waals surface area contributed by atoms with E-state index in [0.717, 1.165) is 76.8 Å². The summed E-state index contributed by atoms with van der Waals surface area (Å²) in [5, 5.41) is 3.49. The van der Waals surface area contributed by atoms with Crippen LogP contribution in [-0.2, 0) is 11.3 Å². The molecule has 0 amide bonds. The van der Waals surface area contributed by atoms with Gasteiger partial charge >= 0.3 is 0 Å². The average molecular weight is 567 g/mol. The molecule has 0 saturated carbocycles. The third-order valence-electron chi connectivity index (χ3n) is 5.06. The van der Waals surface area contributed by atoms with E-state index in [-0.39, 0.29) is 29.8 Å². The molecule has 5 nitrogen and oxygen atoms in total. The van der Waals surface area contributed by atoms with Crippen molar-refractivity contribution in [1.82, 2.24) is 15.1 Å². The molecule has 2 aliphatic heterocycles. The van der Waals surface area contributed by atoms with Crippen molar-refractivity contribution < 1.29 is 9.13 Å². The molecule has 0 spiro atoms. The summed E-state index contributed by atoms with van der Waals surface area (Å²) in [5.74, 6) is 0.771. The van der Waals surface area contributed by atoms with Gasteiger partial charge in [-0.25, -0.2) is 4.39 Å². The van der Waals surface area contributed by atoms with E-state index in [4.69, 9.17) is 4.74 Å². The first-order chi connectivity index (χ1) is 13.2. The van der Waals surface area contributed by atoms with Gasteiger partial charge < -0.3 is 15.0 Å². The summed E-state index contributed by atoms with van der Waals surface area (Å²) in [4.78, 5) is 9.10. The molecule has 1 aromatic carbocycles. The van der Waals surface area contributed by atoms with Crippen molar-refractivity contribution >= 4 is 45.9 Å². The summed E-state index contributed by atoms with van der Waals surface area (Å²) in [7, 11) is 1.84. The number of piperazine rings is 1. The Hall–Kier alpha value is -0.710. The molecule has 1 N–H and O–H groups in total. The zero-order valence-corrected chi connectivity index (χ0v) is 20.2. The first-order valence-electron chi connectivity index (χ1n) is 9.53. The number of hydrogen-bond acceptors (Lipinski definition) is 3. The van der Waals surface area contributed by atoms with Crippen LogP contribution < -0.4 is 5.32 Å². The van der Waals surface area contributed by atoms with Gasteiger partial charge in [-0.1, -0.05) is 17.7 Å². The van der Waals surface area contributed by atoms with E-state index in [9.17, 15) is 4.39 Å². The Labute approximate surface area is 192 Å². The van der Waals surface area contributed by atoms with Gasteiger partial charge in [0.15, 0.2) is 5.96 Å². The zero-order valence-electron chi connectivity index (χ0n) is 16.3. The molecule has 28 heavy (non-hydrogen) atoms. The molecule has 1 aromatic rings. The van der Waals surface area contributed by atoms with Gasteiger partial charge in [0.05, 0.1) is 17.7 Å². The lowest BCUT2D eigenvalue weighted by Crippen LogP contribution is -2.52. The molecule has 0 radical (unpaired) electrons. The first-order valence-corrected chi connectivity index (χ1v) is 10.3. The summed E-state index contributed by atoms with van der Waals surface area (Å²) < 4.78 is 19.6. The lowest BCUT2D eigenvalue weighted by molar-refractivity contribution is 0.153. The largest absolute Gasteiger partial charge is 0.377 e. The zero-order chi connectivity index (χ0) is 19.1. The van der Waals surface area contributed by atoms with Crippen LogP contribution in [0.5, 0.6) is 0 Å². The molecule has 2 heterocycles. The second-order valence-corrected chi connectivity index (χ2v) is 7.78. The highest BCUT2D eigenvalue weighted by molar-refractivity contribution is 14.0. The molecule has 1 fully saturated rings. The molecular weight excluding hydrogens is 538 g/mol. The number of halogens is 3. The van der Waals surface area contributed by atoms with Gasteiger partial charge in [-0.2, -0.15) is 0 Å². The molecule has 3 rings (SSSR count). The van der Waals surface area contributed by atoms with E-state index in [1.165, 1.54) is 5.57 Å².